The summed E-state index contributed by atoms with van der Waals surface area (Å²) in [6.45, 7) is 0. The minimum absolute atomic E-state index is 0.147. The molecule has 1 heterocycles. The first kappa shape index (κ1) is 13.5. The summed E-state index contributed by atoms with van der Waals surface area (Å²) in [4.78, 5) is 26.3. The molecule has 7 heteroatoms. The van der Waals surface area contributed by atoms with Crippen LogP contribution in [0, 0.1) is 10.1 Å². The summed E-state index contributed by atoms with van der Waals surface area (Å²) in [5.74, 6) is -0.427. The number of amides is 1. The number of anilines is 2. The summed E-state index contributed by atoms with van der Waals surface area (Å²) >= 11 is 0. The summed E-state index contributed by atoms with van der Waals surface area (Å²) in [6.07, 6.45) is 3.08. The first-order valence-electron chi connectivity index (χ1n) is 5.79. The van der Waals surface area contributed by atoms with E-state index in [1.54, 1.807) is 25.4 Å². The molecular weight excluding hydrogens is 260 g/mol. The van der Waals surface area contributed by atoms with Crippen molar-refractivity contribution < 1.29 is 9.72 Å². The largest absolute Gasteiger partial charge is 0.383 e. The maximum atomic E-state index is 12.0. The van der Waals surface area contributed by atoms with Crippen molar-refractivity contribution >= 4 is 23.0 Å². The maximum absolute atomic E-state index is 12.0. The molecule has 0 radical (unpaired) electrons. The Morgan fingerprint density at radius 3 is 2.75 bits per heavy atom. The zero-order valence-electron chi connectivity index (χ0n) is 10.7. The number of pyridine rings is 1. The Morgan fingerprint density at radius 2 is 2.15 bits per heavy atom. The number of nitro benzene ring substituents is 1. The number of nitrogens with zero attached hydrogens (tertiary/aromatic N) is 2. The smallest absolute Gasteiger partial charge is 0.293 e. The van der Waals surface area contributed by atoms with Gasteiger partial charge in [0.15, 0.2) is 0 Å². The van der Waals surface area contributed by atoms with Gasteiger partial charge in [-0.05, 0) is 24.3 Å². The molecule has 0 saturated carbocycles. The highest BCUT2D eigenvalue weighted by Gasteiger charge is 2.16. The van der Waals surface area contributed by atoms with Gasteiger partial charge in [-0.25, -0.2) is 0 Å². The van der Waals surface area contributed by atoms with E-state index in [1.165, 1.54) is 24.4 Å². The Kier molecular flexibility index (Phi) is 3.90. The monoisotopic (exact) mass is 272 g/mol. The Bertz CT molecular complexity index is 643. The first-order chi connectivity index (χ1) is 9.61. The maximum Gasteiger partial charge on any atom is 0.293 e. The van der Waals surface area contributed by atoms with Gasteiger partial charge in [0.25, 0.3) is 11.6 Å². The summed E-state index contributed by atoms with van der Waals surface area (Å²) in [5, 5.41) is 16.3. The van der Waals surface area contributed by atoms with E-state index in [0.29, 0.717) is 11.4 Å². The van der Waals surface area contributed by atoms with E-state index in [0.717, 1.165) is 0 Å². The van der Waals surface area contributed by atoms with Crippen LogP contribution in [0.15, 0.2) is 42.7 Å². The molecule has 1 aromatic carbocycles. The van der Waals surface area contributed by atoms with Crippen molar-refractivity contribution in [3.05, 3.63) is 58.4 Å². The zero-order valence-corrected chi connectivity index (χ0v) is 10.7. The fraction of sp³-hybridized carbons (Fsp3) is 0.0769. The fourth-order valence-electron chi connectivity index (χ4n) is 1.68. The molecule has 0 atom stereocenters. The van der Waals surface area contributed by atoms with Gasteiger partial charge < -0.3 is 10.6 Å². The second-order valence-electron chi connectivity index (χ2n) is 3.93. The van der Waals surface area contributed by atoms with Gasteiger partial charge in [-0.3, -0.25) is 19.9 Å². The van der Waals surface area contributed by atoms with Crippen LogP contribution in [0.3, 0.4) is 0 Å². The van der Waals surface area contributed by atoms with Crippen molar-refractivity contribution in [2.24, 2.45) is 0 Å². The van der Waals surface area contributed by atoms with Crippen molar-refractivity contribution in [2.75, 3.05) is 17.7 Å². The topological polar surface area (TPSA) is 97.2 Å². The number of carbonyl (C=O) groups excluding carboxylic acids is 1. The van der Waals surface area contributed by atoms with Crippen LogP contribution in [0.5, 0.6) is 0 Å². The van der Waals surface area contributed by atoms with Crippen molar-refractivity contribution in [1.29, 1.82) is 0 Å². The predicted molar refractivity (Wildman–Crippen MR) is 74.8 cm³/mol. The molecule has 0 aliphatic carbocycles. The van der Waals surface area contributed by atoms with E-state index in [4.69, 9.17) is 0 Å². The molecule has 2 rings (SSSR count). The molecule has 2 aromatic rings. The number of aromatic nitrogens is 1. The Balaban J connectivity index is 2.27. The van der Waals surface area contributed by atoms with E-state index in [9.17, 15) is 14.9 Å². The highest BCUT2D eigenvalue weighted by molar-refractivity contribution is 6.05. The molecule has 0 unspecified atom stereocenters. The molecule has 2 N–H and O–H groups in total. The molecule has 0 aliphatic rings. The molecule has 20 heavy (non-hydrogen) atoms. The molecule has 0 aliphatic heterocycles. The molecular formula is C13H12N4O3. The number of rotatable bonds is 4. The molecule has 0 fully saturated rings. The molecule has 102 valence electrons. The quantitative estimate of drug-likeness (QED) is 0.657. The third-order valence-corrected chi connectivity index (χ3v) is 2.65. The Morgan fingerprint density at radius 1 is 1.35 bits per heavy atom. The van der Waals surface area contributed by atoms with Crippen molar-refractivity contribution in [3.63, 3.8) is 0 Å². The van der Waals surface area contributed by atoms with Crippen LogP contribution in [0.1, 0.15) is 10.4 Å². The van der Waals surface area contributed by atoms with Gasteiger partial charge in [-0.2, -0.15) is 0 Å². The SMILES string of the molecule is CNc1ccc(C(=O)Nc2cccnc2)cc1[N+](=O)[O-]. The third kappa shape index (κ3) is 2.89. The van der Waals surface area contributed by atoms with Crippen molar-refractivity contribution in [2.45, 2.75) is 0 Å². The van der Waals surface area contributed by atoms with Gasteiger partial charge in [0.2, 0.25) is 0 Å². The number of hydrogen-bond donors (Lipinski definition) is 2. The highest BCUT2D eigenvalue weighted by Crippen LogP contribution is 2.25. The first-order valence-corrected chi connectivity index (χ1v) is 5.79. The summed E-state index contributed by atoms with van der Waals surface area (Å²) < 4.78 is 0. The van der Waals surface area contributed by atoms with Gasteiger partial charge in [0, 0.05) is 24.9 Å². The third-order valence-electron chi connectivity index (χ3n) is 2.65. The highest BCUT2D eigenvalue weighted by atomic mass is 16.6. The average Bonchev–Trinajstić information content (AvgIpc) is 2.47. The lowest BCUT2D eigenvalue weighted by atomic mass is 10.1. The second kappa shape index (κ2) is 5.79. The zero-order chi connectivity index (χ0) is 14.5. The molecule has 1 amide bonds. The van der Waals surface area contributed by atoms with E-state index in [2.05, 4.69) is 15.6 Å². The number of nitro groups is 1. The number of carbonyl (C=O) groups is 1. The fourth-order valence-corrected chi connectivity index (χ4v) is 1.68. The Labute approximate surface area is 114 Å². The van der Waals surface area contributed by atoms with Gasteiger partial charge >= 0.3 is 0 Å². The van der Waals surface area contributed by atoms with Crippen molar-refractivity contribution in [3.8, 4) is 0 Å². The van der Waals surface area contributed by atoms with Crippen molar-refractivity contribution in [1.82, 2.24) is 4.98 Å². The summed E-state index contributed by atoms with van der Waals surface area (Å²) in [7, 11) is 1.58. The Hall–Kier alpha value is -2.96. The van der Waals surface area contributed by atoms with Crippen LogP contribution in [-0.4, -0.2) is 22.9 Å². The van der Waals surface area contributed by atoms with E-state index < -0.39 is 10.8 Å². The van der Waals surface area contributed by atoms with Gasteiger partial charge in [0.1, 0.15) is 5.69 Å². The number of benzene rings is 1. The number of hydrogen-bond acceptors (Lipinski definition) is 5. The summed E-state index contributed by atoms with van der Waals surface area (Å²) in [5.41, 5.74) is 0.941. The second-order valence-corrected chi connectivity index (χ2v) is 3.93. The van der Waals surface area contributed by atoms with Gasteiger partial charge in [-0.1, -0.05) is 0 Å². The molecule has 0 bridgehead atoms. The average molecular weight is 272 g/mol. The van der Waals surface area contributed by atoms with E-state index >= 15 is 0 Å². The van der Waals surface area contributed by atoms with E-state index in [1.807, 2.05) is 0 Å². The lowest BCUT2D eigenvalue weighted by molar-refractivity contribution is -0.384. The minimum atomic E-state index is -0.535. The van der Waals surface area contributed by atoms with Crippen LogP contribution < -0.4 is 10.6 Å². The number of nitrogens with one attached hydrogen (secondary N) is 2. The lowest BCUT2D eigenvalue weighted by Crippen LogP contribution is -2.12. The van der Waals surface area contributed by atoms with Gasteiger partial charge in [-0.15, -0.1) is 0 Å². The van der Waals surface area contributed by atoms with Crippen LogP contribution in [0.25, 0.3) is 0 Å². The van der Waals surface area contributed by atoms with Crippen LogP contribution in [0.2, 0.25) is 0 Å². The molecule has 7 nitrogen and oxygen atoms in total. The van der Waals surface area contributed by atoms with E-state index in [-0.39, 0.29) is 11.3 Å². The van der Waals surface area contributed by atoms with Gasteiger partial charge in [0.05, 0.1) is 16.8 Å². The van der Waals surface area contributed by atoms with Crippen LogP contribution in [0.4, 0.5) is 17.1 Å². The molecule has 0 saturated heterocycles. The normalized spacial score (nSPS) is 9.85. The summed E-state index contributed by atoms with van der Waals surface area (Å²) in [6, 6.07) is 7.61. The minimum Gasteiger partial charge on any atom is -0.383 e. The molecule has 1 aromatic heterocycles. The lowest BCUT2D eigenvalue weighted by Gasteiger charge is -2.06. The van der Waals surface area contributed by atoms with Crippen LogP contribution >= 0.6 is 0 Å². The standard InChI is InChI=1S/C13H12N4O3/c1-14-11-5-4-9(7-12(11)17(19)20)13(18)16-10-3-2-6-15-8-10/h2-8,14H,1H3,(H,16,18). The predicted octanol–water partition coefficient (Wildman–Crippen LogP) is 2.28. The molecule has 0 spiro atoms. The van der Waals surface area contributed by atoms with Crippen LogP contribution in [-0.2, 0) is 0 Å².